The number of rotatable bonds is 9. The van der Waals surface area contributed by atoms with Crippen molar-refractivity contribution in [2.75, 3.05) is 11.1 Å². The summed E-state index contributed by atoms with van der Waals surface area (Å²) in [5.74, 6) is 1.61. The molecular formula is C26H26N4O2S. The van der Waals surface area contributed by atoms with Crippen molar-refractivity contribution in [3.63, 3.8) is 0 Å². The SMILES string of the molecule is C=CCn1c(SCC(=O)Nc2cccc3ccccc23)nnc1C(C)Oc1ccccc1C. The number of ether oxygens (including phenoxy) is 1. The van der Waals surface area contributed by atoms with Gasteiger partial charge in [0.05, 0.1) is 5.75 Å². The molecule has 1 atom stereocenters. The molecule has 1 N–H and O–H groups in total. The van der Waals surface area contributed by atoms with Crippen LogP contribution < -0.4 is 10.1 Å². The number of aryl methyl sites for hydroxylation is 1. The molecule has 0 spiro atoms. The molecule has 1 unspecified atom stereocenters. The van der Waals surface area contributed by atoms with Crippen molar-refractivity contribution < 1.29 is 9.53 Å². The molecule has 1 heterocycles. The van der Waals surface area contributed by atoms with E-state index in [-0.39, 0.29) is 17.8 Å². The molecule has 1 aromatic heterocycles. The van der Waals surface area contributed by atoms with Crippen LogP contribution in [0.2, 0.25) is 0 Å². The number of fused-ring (bicyclic) bond motifs is 1. The van der Waals surface area contributed by atoms with E-state index in [1.165, 1.54) is 11.8 Å². The summed E-state index contributed by atoms with van der Waals surface area (Å²) in [4.78, 5) is 12.7. The summed E-state index contributed by atoms with van der Waals surface area (Å²) in [6, 6.07) is 21.7. The monoisotopic (exact) mass is 458 g/mol. The fourth-order valence-electron chi connectivity index (χ4n) is 3.59. The van der Waals surface area contributed by atoms with Gasteiger partial charge in [-0.3, -0.25) is 9.36 Å². The van der Waals surface area contributed by atoms with Crippen molar-refractivity contribution >= 4 is 34.1 Å². The molecular weight excluding hydrogens is 432 g/mol. The van der Waals surface area contributed by atoms with Gasteiger partial charge in [0, 0.05) is 17.6 Å². The van der Waals surface area contributed by atoms with Crippen LogP contribution in [0, 0.1) is 6.92 Å². The number of aromatic nitrogens is 3. The number of hydrogen-bond donors (Lipinski definition) is 1. The second kappa shape index (κ2) is 10.4. The molecule has 0 fully saturated rings. The van der Waals surface area contributed by atoms with Crippen molar-refractivity contribution in [2.24, 2.45) is 0 Å². The molecule has 0 aliphatic rings. The van der Waals surface area contributed by atoms with E-state index in [0.29, 0.717) is 17.5 Å². The smallest absolute Gasteiger partial charge is 0.234 e. The van der Waals surface area contributed by atoms with Crippen LogP contribution in [0.25, 0.3) is 10.8 Å². The lowest BCUT2D eigenvalue weighted by atomic mass is 10.1. The van der Waals surface area contributed by atoms with Crippen LogP contribution in [0.1, 0.15) is 24.4 Å². The first kappa shape index (κ1) is 22.6. The van der Waals surface area contributed by atoms with Gasteiger partial charge in [-0.05, 0) is 36.9 Å². The van der Waals surface area contributed by atoms with Gasteiger partial charge in [0.15, 0.2) is 17.1 Å². The number of benzene rings is 3. The van der Waals surface area contributed by atoms with E-state index in [9.17, 15) is 4.79 Å². The van der Waals surface area contributed by atoms with Gasteiger partial charge in [-0.15, -0.1) is 16.8 Å². The quantitative estimate of drug-likeness (QED) is 0.254. The molecule has 0 aliphatic carbocycles. The third-order valence-electron chi connectivity index (χ3n) is 5.21. The summed E-state index contributed by atoms with van der Waals surface area (Å²) in [5, 5.41) is 14.4. The normalized spacial score (nSPS) is 11.8. The third kappa shape index (κ3) is 5.26. The molecule has 0 saturated carbocycles. The summed E-state index contributed by atoms with van der Waals surface area (Å²) in [5.41, 5.74) is 1.85. The van der Waals surface area contributed by atoms with Crippen LogP contribution >= 0.6 is 11.8 Å². The average Bonchev–Trinajstić information content (AvgIpc) is 3.22. The van der Waals surface area contributed by atoms with Gasteiger partial charge < -0.3 is 10.1 Å². The van der Waals surface area contributed by atoms with E-state index in [2.05, 4.69) is 22.1 Å². The lowest BCUT2D eigenvalue weighted by Crippen LogP contribution is -2.16. The summed E-state index contributed by atoms with van der Waals surface area (Å²) >= 11 is 1.34. The minimum atomic E-state index is -0.308. The summed E-state index contributed by atoms with van der Waals surface area (Å²) < 4.78 is 8.07. The van der Waals surface area contributed by atoms with E-state index in [1.807, 2.05) is 85.1 Å². The maximum Gasteiger partial charge on any atom is 0.234 e. The molecule has 0 bridgehead atoms. The first-order chi connectivity index (χ1) is 16.1. The minimum absolute atomic E-state index is 0.102. The highest BCUT2D eigenvalue weighted by Gasteiger charge is 2.20. The van der Waals surface area contributed by atoms with E-state index < -0.39 is 0 Å². The lowest BCUT2D eigenvalue weighted by molar-refractivity contribution is -0.113. The second-order valence-electron chi connectivity index (χ2n) is 7.63. The fourth-order valence-corrected chi connectivity index (χ4v) is 4.35. The number of anilines is 1. The Morgan fingerprint density at radius 3 is 2.70 bits per heavy atom. The molecule has 6 nitrogen and oxygen atoms in total. The highest BCUT2D eigenvalue weighted by molar-refractivity contribution is 7.99. The number of carbonyl (C=O) groups excluding carboxylic acids is 1. The Morgan fingerprint density at radius 2 is 1.88 bits per heavy atom. The Kier molecular flexibility index (Phi) is 7.10. The zero-order valence-corrected chi connectivity index (χ0v) is 19.5. The first-order valence-corrected chi connectivity index (χ1v) is 11.7. The lowest BCUT2D eigenvalue weighted by Gasteiger charge is -2.17. The molecule has 168 valence electrons. The van der Waals surface area contributed by atoms with Crippen LogP contribution in [-0.2, 0) is 11.3 Å². The van der Waals surface area contributed by atoms with Crippen LogP contribution in [0.4, 0.5) is 5.69 Å². The molecule has 4 rings (SSSR count). The largest absolute Gasteiger partial charge is 0.482 e. The van der Waals surface area contributed by atoms with Gasteiger partial charge in [0.25, 0.3) is 0 Å². The highest BCUT2D eigenvalue weighted by atomic mass is 32.2. The van der Waals surface area contributed by atoms with Gasteiger partial charge >= 0.3 is 0 Å². The van der Waals surface area contributed by atoms with E-state index in [0.717, 1.165) is 27.8 Å². The van der Waals surface area contributed by atoms with Gasteiger partial charge in [0.2, 0.25) is 5.91 Å². The van der Waals surface area contributed by atoms with E-state index in [4.69, 9.17) is 4.74 Å². The molecule has 33 heavy (non-hydrogen) atoms. The Hall–Kier alpha value is -3.58. The van der Waals surface area contributed by atoms with Crippen molar-refractivity contribution in [1.82, 2.24) is 14.8 Å². The molecule has 0 aliphatic heterocycles. The predicted octanol–water partition coefficient (Wildman–Crippen LogP) is 5.80. The highest BCUT2D eigenvalue weighted by Crippen LogP contribution is 2.27. The summed E-state index contributed by atoms with van der Waals surface area (Å²) in [6.07, 6.45) is 1.48. The summed E-state index contributed by atoms with van der Waals surface area (Å²) in [7, 11) is 0. The van der Waals surface area contributed by atoms with Gasteiger partial charge in [0.1, 0.15) is 5.75 Å². The van der Waals surface area contributed by atoms with Crippen LogP contribution in [0.5, 0.6) is 5.75 Å². The number of carbonyl (C=O) groups is 1. The van der Waals surface area contributed by atoms with Gasteiger partial charge in [-0.25, -0.2) is 0 Å². The predicted molar refractivity (Wildman–Crippen MR) is 134 cm³/mol. The zero-order valence-electron chi connectivity index (χ0n) is 18.7. The van der Waals surface area contributed by atoms with E-state index in [1.54, 1.807) is 6.08 Å². The van der Waals surface area contributed by atoms with Crippen LogP contribution in [0.3, 0.4) is 0 Å². The van der Waals surface area contributed by atoms with E-state index >= 15 is 0 Å². The first-order valence-electron chi connectivity index (χ1n) is 10.7. The number of hydrogen-bond acceptors (Lipinski definition) is 5. The second-order valence-corrected chi connectivity index (χ2v) is 8.57. The minimum Gasteiger partial charge on any atom is -0.482 e. The van der Waals surface area contributed by atoms with Gasteiger partial charge in [-0.1, -0.05) is 72.4 Å². The Bertz CT molecular complexity index is 1280. The Morgan fingerprint density at radius 1 is 1.12 bits per heavy atom. The maximum atomic E-state index is 12.7. The van der Waals surface area contributed by atoms with Crippen molar-refractivity contribution in [1.29, 1.82) is 0 Å². The molecule has 0 saturated heterocycles. The number of thioether (sulfide) groups is 1. The maximum absolute atomic E-state index is 12.7. The Labute approximate surface area is 197 Å². The van der Waals surface area contributed by atoms with Crippen LogP contribution in [0.15, 0.2) is 84.5 Å². The van der Waals surface area contributed by atoms with Crippen molar-refractivity contribution in [2.45, 2.75) is 31.7 Å². The molecule has 3 aromatic carbocycles. The number of allylic oxidation sites excluding steroid dienone is 1. The summed E-state index contributed by atoms with van der Waals surface area (Å²) in [6.45, 7) is 8.32. The fraction of sp³-hybridized carbons (Fsp3) is 0.192. The average molecular weight is 459 g/mol. The van der Waals surface area contributed by atoms with Crippen LogP contribution in [-0.4, -0.2) is 26.4 Å². The van der Waals surface area contributed by atoms with Gasteiger partial charge in [-0.2, -0.15) is 0 Å². The molecule has 7 heteroatoms. The molecule has 0 radical (unpaired) electrons. The van der Waals surface area contributed by atoms with Crippen molar-refractivity contribution in [3.05, 3.63) is 90.8 Å². The molecule has 4 aromatic rings. The molecule has 1 amide bonds. The number of amides is 1. The standard InChI is InChI=1S/C26H26N4O2S/c1-4-16-30-25(19(3)32-23-15-8-5-10-18(23)2)28-29-26(30)33-17-24(31)27-22-14-9-12-20-11-6-7-13-21(20)22/h4-15,19H,1,16-17H2,2-3H3,(H,27,31). The third-order valence-corrected chi connectivity index (χ3v) is 6.18. The number of nitrogens with zero attached hydrogens (tertiary/aromatic N) is 3. The number of para-hydroxylation sites is 1. The number of nitrogens with one attached hydrogen (secondary N) is 1. The zero-order chi connectivity index (χ0) is 23.2. The van der Waals surface area contributed by atoms with Crippen molar-refractivity contribution in [3.8, 4) is 5.75 Å². The Balaban J connectivity index is 1.45. The topological polar surface area (TPSA) is 69.0 Å².